The van der Waals surface area contributed by atoms with Gasteiger partial charge in [-0.1, -0.05) is 48.5 Å². The highest BCUT2D eigenvalue weighted by atomic mass is 16.4. The quantitative estimate of drug-likeness (QED) is 0.137. The van der Waals surface area contributed by atoms with Crippen LogP contribution in [0.1, 0.15) is 37.3 Å². The third-order valence-corrected chi connectivity index (χ3v) is 6.62. The predicted octanol–water partition coefficient (Wildman–Crippen LogP) is 0.968. The van der Waals surface area contributed by atoms with Crippen molar-refractivity contribution in [1.29, 1.82) is 0 Å². The minimum atomic E-state index is -1.22. The molecule has 0 saturated heterocycles. The number of fused-ring (bicyclic) bond motifs is 1. The van der Waals surface area contributed by atoms with Crippen LogP contribution in [0.15, 0.2) is 60.8 Å². The van der Waals surface area contributed by atoms with Crippen LogP contribution in [0.25, 0.3) is 10.9 Å². The lowest BCUT2D eigenvalue weighted by molar-refractivity contribution is -0.142. The summed E-state index contributed by atoms with van der Waals surface area (Å²) in [4.78, 5) is 54.3. The number of aliphatic carboxylic acids is 1. The zero-order chi connectivity index (χ0) is 29.1. The molecule has 4 unspecified atom stereocenters. The molecule has 1 aromatic heterocycles. The summed E-state index contributed by atoms with van der Waals surface area (Å²) >= 11 is 0. The van der Waals surface area contributed by atoms with E-state index in [0.717, 1.165) is 22.0 Å². The van der Waals surface area contributed by atoms with Crippen LogP contribution in [0.3, 0.4) is 0 Å². The van der Waals surface area contributed by atoms with Crippen LogP contribution >= 0.6 is 0 Å². The number of carboxylic acid groups (broad SMARTS) is 1. The van der Waals surface area contributed by atoms with Crippen LogP contribution < -0.4 is 27.4 Å². The molecule has 40 heavy (non-hydrogen) atoms. The van der Waals surface area contributed by atoms with Crippen molar-refractivity contribution in [3.63, 3.8) is 0 Å². The highest BCUT2D eigenvalue weighted by Crippen LogP contribution is 2.19. The molecule has 3 aromatic rings. The predicted molar refractivity (Wildman–Crippen MR) is 152 cm³/mol. The summed E-state index contributed by atoms with van der Waals surface area (Å²) in [5.74, 6) is -2.91. The number of unbranched alkanes of at least 4 members (excludes halogenated alkanes) is 1. The first kappa shape index (κ1) is 30.3. The first-order chi connectivity index (χ1) is 19.2. The van der Waals surface area contributed by atoms with Gasteiger partial charge in [0.05, 0.1) is 6.04 Å². The molecule has 0 fully saturated rings. The molecule has 214 valence electrons. The largest absolute Gasteiger partial charge is 0.480 e. The number of nitrogens with two attached hydrogens (primary N) is 2. The van der Waals surface area contributed by atoms with Gasteiger partial charge in [-0.05, 0) is 49.9 Å². The SMILES string of the molecule is CC(N)C(=O)NC(Cc1ccccc1)C(=O)NC(CCCCN)C(=O)NC(Cc1c[nH]c2ccccc12)C(=O)O. The number of benzene rings is 2. The van der Waals surface area contributed by atoms with E-state index < -0.39 is 47.9 Å². The third-order valence-electron chi connectivity index (χ3n) is 6.62. The van der Waals surface area contributed by atoms with E-state index >= 15 is 0 Å². The number of H-pyrrole nitrogens is 1. The Balaban J connectivity index is 1.77. The molecule has 0 bridgehead atoms. The molecule has 3 rings (SSSR count). The Morgan fingerprint density at radius 2 is 1.45 bits per heavy atom. The van der Waals surface area contributed by atoms with E-state index in [1.54, 1.807) is 6.20 Å². The highest BCUT2D eigenvalue weighted by Gasteiger charge is 2.30. The van der Waals surface area contributed by atoms with Gasteiger partial charge < -0.3 is 37.5 Å². The monoisotopic (exact) mass is 550 g/mol. The van der Waals surface area contributed by atoms with E-state index in [0.29, 0.717) is 19.4 Å². The Morgan fingerprint density at radius 3 is 2.12 bits per heavy atom. The number of hydrogen-bond acceptors (Lipinski definition) is 6. The molecule has 3 amide bonds. The summed E-state index contributed by atoms with van der Waals surface area (Å²) in [6.45, 7) is 1.91. The standard InChI is InChI=1S/C29H38N6O5/c1-18(31)26(36)34-24(15-19-9-3-2-4-10-19)28(38)33-23(13-7-8-14-30)27(37)35-25(29(39)40)16-20-17-32-22-12-6-5-11-21(20)22/h2-6,9-12,17-18,23-25,32H,7-8,13-16,30-31H2,1H3,(H,33,38)(H,34,36)(H,35,37)(H,39,40). The van der Waals surface area contributed by atoms with Gasteiger partial charge in [0.15, 0.2) is 0 Å². The van der Waals surface area contributed by atoms with Crippen LogP contribution in [-0.4, -0.2) is 64.5 Å². The summed E-state index contributed by atoms with van der Waals surface area (Å²) in [6.07, 6.45) is 3.35. The molecule has 11 heteroatoms. The lowest BCUT2D eigenvalue weighted by Gasteiger charge is -2.25. The fourth-order valence-corrected chi connectivity index (χ4v) is 4.39. The molecular weight excluding hydrogens is 512 g/mol. The van der Waals surface area contributed by atoms with Gasteiger partial charge in [-0.3, -0.25) is 14.4 Å². The maximum atomic E-state index is 13.4. The molecule has 0 aliphatic carbocycles. The second kappa shape index (κ2) is 14.8. The van der Waals surface area contributed by atoms with Gasteiger partial charge in [0.25, 0.3) is 0 Å². The number of carbonyl (C=O) groups is 4. The first-order valence-electron chi connectivity index (χ1n) is 13.4. The lowest BCUT2D eigenvalue weighted by Crippen LogP contribution is -2.57. The fraction of sp³-hybridized carbons (Fsp3) is 0.379. The maximum Gasteiger partial charge on any atom is 0.326 e. The lowest BCUT2D eigenvalue weighted by atomic mass is 10.0. The molecule has 0 radical (unpaired) electrons. The minimum absolute atomic E-state index is 0.0512. The molecule has 0 aliphatic heterocycles. The summed E-state index contributed by atoms with van der Waals surface area (Å²) in [5.41, 5.74) is 13.7. The van der Waals surface area contributed by atoms with Crippen LogP contribution in [0.5, 0.6) is 0 Å². The second-order valence-electron chi connectivity index (χ2n) is 9.85. The van der Waals surface area contributed by atoms with Gasteiger partial charge in [-0.2, -0.15) is 0 Å². The molecule has 0 spiro atoms. The Labute approximate surface area is 233 Å². The zero-order valence-electron chi connectivity index (χ0n) is 22.6. The molecule has 11 nitrogen and oxygen atoms in total. The number of aromatic amines is 1. The van der Waals surface area contributed by atoms with Crippen molar-refractivity contribution in [3.8, 4) is 0 Å². The van der Waals surface area contributed by atoms with E-state index in [4.69, 9.17) is 11.5 Å². The molecular formula is C29H38N6O5. The molecule has 0 aliphatic rings. The fourth-order valence-electron chi connectivity index (χ4n) is 4.39. The Hall–Kier alpha value is -4.22. The van der Waals surface area contributed by atoms with Crippen molar-refractivity contribution >= 4 is 34.6 Å². The molecule has 1 heterocycles. The Bertz CT molecular complexity index is 1290. The summed E-state index contributed by atoms with van der Waals surface area (Å²) in [7, 11) is 0. The number of rotatable bonds is 15. The van der Waals surface area contributed by atoms with Crippen LogP contribution in [0.4, 0.5) is 0 Å². The summed E-state index contributed by atoms with van der Waals surface area (Å²) in [5, 5.41) is 18.7. The number of nitrogens with one attached hydrogen (secondary N) is 4. The molecule has 4 atom stereocenters. The molecule has 0 saturated carbocycles. The Kier molecular flexibility index (Phi) is 11.2. The molecule has 9 N–H and O–H groups in total. The number of carbonyl (C=O) groups excluding carboxylic acids is 3. The Morgan fingerprint density at radius 1 is 0.825 bits per heavy atom. The van der Waals surface area contributed by atoms with Crippen LogP contribution in [-0.2, 0) is 32.0 Å². The number of carboxylic acids is 1. The van der Waals surface area contributed by atoms with Crippen molar-refractivity contribution in [2.75, 3.05) is 6.54 Å². The van der Waals surface area contributed by atoms with Gasteiger partial charge >= 0.3 is 5.97 Å². The number of aromatic nitrogens is 1. The van der Waals surface area contributed by atoms with E-state index in [-0.39, 0.29) is 19.3 Å². The van der Waals surface area contributed by atoms with Crippen LogP contribution in [0.2, 0.25) is 0 Å². The van der Waals surface area contributed by atoms with Gasteiger partial charge in [-0.25, -0.2) is 4.79 Å². The third kappa shape index (κ3) is 8.65. The maximum absolute atomic E-state index is 13.4. The normalized spacial score (nSPS) is 14.1. The van der Waals surface area contributed by atoms with Gasteiger partial charge in [0.1, 0.15) is 18.1 Å². The smallest absolute Gasteiger partial charge is 0.326 e. The van der Waals surface area contributed by atoms with Crippen molar-refractivity contribution in [3.05, 3.63) is 71.9 Å². The van der Waals surface area contributed by atoms with E-state index in [2.05, 4.69) is 20.9 Å². The number of hydrogen-bond donors (Lipinski definition) is 7. The minimum Gasteiger partial charge on any atom is -0.480 e. The topological polar surface area (TPSA) is 192 Å². The van der Waals surface area contributed by atoms with Crippen molar-refractivity contribution in [2.24, 2.45) is 11.5 Å². The second-order valence-corrected chi connectivity index (χ2v) is 9.85. The van der Waals surface area contributed by atoms with Crippen molar-refractivity contribution in [2.45, 2.75) is 63.2 Å². The van der Waals surface area contributed by atoms with E-state index in [1.165, 1.54) is 6.92 Å². The van der Waals surface area contributed by atoms with E-state index in [1.807, 2.05) is 54.6 Å². The summed E-state index contributed by atoms with van der Waals surface area (Å²) < 4.78 is 0. The summed E-state index contributed by atoms with van der Waals surface area (Å²) in [6, 6.07) is 12.5. The number of amides is 3. The highest BCUT2D eigenvalue weighted by molar-refractivity contribution is 5.94. The average molecular weight is 551 g/mol. The first-order valence-corrected chi connectivity index (χ1v) is 13.4. The van der Waals surface area contributed by atoms with Gasteiger partial charge in [-0.15, -0.1) is 0 Å². The van der Waals surface area contributed by atoms with E-state index in [9.17, 15) is 24.3 Å². The van der Waals surface area contributed by atoms with Crippen molar-refractivity contribution < 1.29 is 24.3 Å². The molecule has 2 aromatic carbocycles. The van der Waals surface area contributed by atoms with Gasteiger partial charge in [0, 0.05) is 29.9 Å². The number of para-hydroxylation sites is 1. The van der Waals surface area contributed by atoms with Gasteiger partial charge in [0.2, 0.25) is 17.7 Å². The van der Waals surface area contributed by atoms with Crippen molar-refractivity contribution in [1.82, 2.24) is 20.9 Å². The average Bonchev–Trinajstić information content (AvgIpc) is 3.34. The van der Waals surface area contributed by atoms with Crippen LogP contribution in [0, 0.1) is 0 Å². The zero-order valence-corrected chi connectivity index (χ0v) is 22.6.